The van der Waals surface area contributed by atoms with Crippen LogP contribution in [0.2, 0.25) is 0 Å². The predicted octanol–water partition coefficient (Wildman–Crippen LogP) is 4.67. The Morgan fingerprint density at radius 3 is 2.33 bits per heavy atom. The lowest BCUT2D eigenvalue weighted by Gasteiger charge is -2.43. The SMILES string of the molecule is CS(=O)(=O)N(C1=Cc2ccccc2[C@]12C=CC(=O)c1ccccc12)C1CCCCC1. The van der Waals surface area contributed by atoms with Crippen LogP contribution in [0, 0.1) is 0 Å². The largest absolute Gasteiger partial charge is 0.289 e. The Morgan fingerprint density at radius 2 is 1.60 bits per heavy atom. The molecule has 0 amide bonds. The summed E-state index contributed by atoms with van der Waals surface area (Å²) in [6.07, 6.45) is 11.8. The molecule has 154 valence electrons. The van der Waals surface area contributed by atoms with Gasteiger partial charge in [0.1, 0.15) is 0 Å². The summed E-state index contributed by atoms with van der Waals surface area (Å²) in [4.78, 5) is 12.7. The summed E-state index contributed by atoms with van der Waals surface area (Å²) in [6.45, 7) is 0. The van der Waals surface area contributed by atoms with E-state index in [4.69, 9.17) is 0 Å². The van der Waals surface area contributed by atoms with E-state index in [1.807, 2.05) is 54.6 Å². The number of benzene rings is 2. The number of fused-ring (bicyclic) bond motifs is 4. The fourth-order valence-corrected chi connectivity index (χ4v) is 6.77. The molecule has 0 saturated heterocycles. The van der Waals surface area contributed by atoms with Gasteiger partial charge in [0.25, 0.3) is 0 Å². The number of allylic oxidation sites excluding steroid dienone is 2. The number of rotatable bonds is 3. The highest BCUT2D eigenvalue weighted by Crippen LogP contribution is 2.53. The van der Waals surface area contributed by atoms with Gasteiger partial charge in [0.15, 0.2) is 5.78 Å². The van der Waals surface area contributed by atoms with E-state index in [0.717, 1.165) is 54.5 Å². The van der Waals surface area contributed by atoms with E-state index >= 15 is 0 Å². The van der Waals surface area contributed by atoms with Crippen LogP contribution in [0.3, 0.4) is 0 Å². The fraction of sp³-hybridized carbons (Fsp3) is 0.320. The Hall–Kier alpha value is -2.66. The van der Waals surface area contributed by atoms with Crippen LogP contribution in [0.1, 0.15) is 59.2 Å². The zero-order valence-corrected chi connectivity index (χ0v) is 17.9. The number of hydrogen-bond acceptors (Lipinski definition) is 3. The molecule has 5 heteroatoms. The van der Waals surface area contributed by atoms with Gasteiger partial charge in [-0.2, -0.15) is 0 Å². The van der Waals surface area contributed by atoms with Crippen LogP contribution in [-0.2, 0) is 15.4 Å². The highest BCUT2D eigenvalue weighted by atomic mass is 32.2. The van der Waals surface area contributed by atoms with Gasteiger partial charge in [-0.3, -0.25) is 9.10 Å². The Balaban J connectivity index is 1.80. The van der Waals surface area contributed by atoms with E-state index in [1.165, 1.54) is 6.26 Å². The number of ketones is 1. The van der Waals surface area contributed by atoms with Gasteiger partial charge >= 0.3 is 0 Å². The number of hydrogen-bond donors (Lipinski definition) is 0. The Kier molecular flexibility index (Phi) is 4.47. The maximum atomic E-state index is 13.2. The molecular formula is C25H25NO3S. The topological polar surface area (TPSA) is 54.5 Å². The smallest absolute Gasteiger partial charge is 0.232 e. The molecule has 0 bridgehead atoms. The third-order valence-corrected chi connectivity index (χ3v) is 7.89. The average Bonchev–Trinajstić information content (AvgIpc) is 3.05. The molecule has 1 spiro atoms. The van der Waals surface area contributed by atoms with Gasteiger partial charge in [-0.1, -0.05) is 73.9 Å². The van der Waals surface area contributed by atoms with Gasteiger partial charge in [0.05, 0.1) is 11.7 Å². The molecule has 0 N–H and O–H groups in total. The first-order valence-electron chi connectivity index (χ1n) is 10.6. The van der Waals surface area contributed by atoms with Crippen LogP contribution in [0.15, 0.2) is 66.4 Å². The second-order valence-corrected chi connectivity index (χ2v) is 10.4. The first kappa shape index (κ1) is 19.3. The van der Waals surface area contributed by atoms with Crippen LogP contribution < -0.4 is 0 Å². The van der Waals surface area contributed by atoms with Crippen molar-refractivity contribution >= 4 is 21.9 Å². The van der Waals surface area contributed by atoms with Gasteiger partial charge in [-0.15, -0.1) is 0 Å². The molecule has 2 aromatic carbocycles. The van der Waals surface area contributed by atoms with Gasteiger partial charge in [-0.25, -0.2) is 8.42 Å². The average molecular weight is 420 g/mol. The highest BCUT2D eigenvalue weighted by molar-refractivity contribution is 7.88. The molecule has 0 radical (unpaired) electrons. The molecule has 4 nitrogen and oxygen atoms in total. The van der Waals surface area contributed by atoms with Crippen LogP contribution in [0.4, 0.5) is 0 Å². The van der Waals surface area contributed by atoms with Crippen molar-refractivity contribution in [3.8, 4) is 0 Å². The third kappa shape index (κ3) is 2.79. The van der Waals surface area contributed by atoms with Crippen molar-refractivity contribution in [3.63, 3.8) is 0 Å². The summed E-state index contributed by atoms with van der Waals surface area (Å²) in [6, 6.07) is 15.6. The van der Waals surface area contributed by atoms with Gasteiger partial charge in [0, 0.05) is 17.3 Å². The van der Waals surface area contributed by atoms with Crippen LogP contribution >= 0.6 is 0 Å². The van der Waals surface area contributed by atoms with Crippen molar-refractivity contribution in [1.29, 1.82) is 0 Å². The first-order chi connectivity index (χ1) is 14.4. The zero-order valence-electron chi connectivity index (χ0n) is 17.0. The Bertz CT molecular complexity index is 1190. The first-order valence-corrected chi connectivity index (χ1v) is 12.4. The molecule has 1 atom stereocenters. The summed E-state index contributed by atoms with van der Waals surface area (Å²) in [7, 11) is -3.51. The molecule has 0 unspecified atom stereocenters. The summed E-state index contributed by atoms with van der Waals surface area (Å²) in [5, 5.41) is 0. The molecule has 0 aliphatic heterocycles. The van der Waals surface area contributed by atoms with Gasteiger partial charge in [-0.05, 0) is 41.7 Å². The van der Waals surface area contributed by atoms with Crippen LogP contribution in [0.5, 0.6) is 0 Å². The predicted molar refractivity (Wildman–Crippen MR) is 119 cm³/mol. The second-order valence-electron chi connectivity index (χ2n) is 8.52. The summed E-state index contributed by atoms with van der Waals surface area (Å²) in [5.41, 5.74) is 3.50. The molecule has 3 aliphatic carbocycles. The Morgan fingerprint density at radius 1 is 0.933 bits per heavy atom. The quantitative estimate of drug-likeness (QED) is 0.726. The summed E-state index contributed by atoms with van der Waals surface area (Å²) in [5.74, 6) is -0.0384. The van der Waals surface area contributed by atoms with Gasteiger partial charge < -0.3 is 0 Å². The van der Waals surface area contributed by atoms with E-state index in [-0.39, 0.29) is 11.8 Å². The molecule has 2 aromatic rings. The number of sulfonamides is 1. The van der Waals surface area contributed by atoms with Crippen molar-refractivity contribution in [1.82, 2.24) is 4.31 Å². The van der Waals surface area contributed by atoms with Crippen molar-refractivity contribution in [2.24, 2.45) is 0 Å². The normalized spacial score (nSPS) is 23.2. The van der Waals surface area contributed by atoms with E-state index < -0.39 is 15.4 Å². The molecule has 30 heavy (non-hydrogen) atoms. The second kappa shape index (κ2) is 6.95. The van der Waals surface area contributed by atoms with Crippen LogP contribution in [0.25, 0.3) is 6.08 Å². The number of carbonyl (C=O) groups is 1. The minimum absolute atomic E-state index is 0.0384. The lowest BCUT2D eigenvalue weighted by Crippen LogP contribution is -2.46. The summed E-state index contributed by atoms with van der Waals surface area (Å²) >= 11 is 0. The van der Waals surface area contributed by atoms with Crippen molar-refractivity contribution < 1.29 is 13.2 Å². The Labute approximate surface area is 178 Å². The fourth-order valence-electron chi connectivity index (χ4n) is 5.46. The zero-order chi connectivity index (χ0) is 20.9. The monoisotopic (exact) mass is 419 g/mol. The molecule has 3 aliphatic rings. The van der Waals surface area contributed by atoms with Crippen LogP contribution in [-0.4, -0.2) is 30.8 Å². The molecule has 0 heterocycles. The maximum absolute atomic E-state index is 13.2. The van der Waals surface area contributed by atoms with Crippen molar-refractivity contribution in [2.75, 3.05) is 6.26 Å². The number of nitrogens with zero attached hydrogens (tertiary/aromatic N) is 1. The van der Waals surface area contributed by atoms with E-state index in [0.29, 0.717) is 5.56 Å². The lowest BCUT2D eigenvalue weighted by atomic mass is 9.69. The minimum atomic E-state index is -3.51. The van der Waals surface area contributed by atoms with E-state index in [9.17, 15) is 13.2 Å². The van der Waals surface area contributed by atoms with E-state index in [1.54, 1.807) is 10.4 Å². The molecule has 5 rings (SSSR count). The lowest BCUT2D eigenvalue weighted by molar-refractivity contribution is 0.104. The number of carbonyl (C=O) groups excluding carboxylic acids is 1. The third-order valence-electron chi connectivity index (χ3n) is 6.69. The van der Waals surface area contributed by atoms with Crippen molar-refractivity contribution in [2.45, 2.75) is 43.6 Å². The molecular weight excluding hydrogens is 394 g/mol. The van der Waals surface area contributed by atoms with Gasteiger partial charge in [0.2, 0.25) is 10.0 Å². The molecule has 0 aromatic heterocycles. The molecule has 1 fully saturated rings. The summed E-state index contributed by atoms with van der Waals surface area (Å²) < 4.78 is 28.0. The highest BCUT2D eigenvalue weighted by Gasteiger charge is 2.49. The maximum Gasteiger partial charge on any atom is 0.232 e. The van der Waals surface area contributed by atoms with Crippen molar-refractivity contribution in [3.05, 3.63) is 88.6 Å². The standard InChI is InChI=1S/C25H25NO3S/c1-30(28,29)26(19-10-3-2-4-11-19)24-17-18-9-5-7-13-21(18)25(24)16-15-23(27)20-12-6-8-14-22(20)25/h5-9,12-17,19H,2-4,10-11H2,1H3/t25-/m0/s1. The minimum Gasteiger partial charge on any atom is -0.289 e. The molecule has 1 saturated carbocycles. The van der Waals surface area contributed by atoms with E-state index in [2.05, 4.69) is 6.07 Å².